The van der Waals surface area contributed by atoms with E-state index in [1.165, 1.54) is 26.4 Å². The lowest BCUT2D eigenvalue weighted by molar-refractivity contribution is 0.0131. The smallest absolute Gasteiger partial charge is 0.222 e. The zero-order valence-electron chi connectivity index (χ0n) is 8.77. The largest absolute Gasteiger partial charge is 0.494 e. The van der Waals surface area contributed by atoms with Crippen LogP contribution in [0.1, 0.15) is 6.92 Å². The van der Waals surface area contributed by atoms with Crippen LogP contribution in [0.2, 0.25) is 0 Å². The van der Waals surface area contributed by atoms with Gasteiger partial charge in [0, 0.05) is 6.54 Å². The Morgan fingerprint density at radius 1 is 1.47 bits per heavy atom. The number of aromatic nitrogens is 2. The van der Waals surface area contributed by atoms with E-state index in [0.717, 1.165) is 0 Å². The van der Waals surface area contributed by atoms with Crippen LogP contribution < -0.4 is 10.1 Å². The maximum absolute atomic E-state index is 9.49. The maximum atomic E-state index is 9.49. The summed E-state index contributed by atoms with van der Waals surface area (Å²) in [6.07, 6.45) is 3.03. The van der Waals surface area contributed by atoms with E-state index in [2.05, 4.69) is 15.3 Å². The standard InChI is InChI=1S/C9H15N3O3/c1-9(14,6-13)5-12-8-10-3-7(15-2)4-11-8/h3-4,13-14H,5-6H2,1-2H3,(H,10,11,12). The van der Waals surface area contributed by atoms with Gasteiger partial charge >= 0.3 is 0 Å². The molecule has 3 N–H and O–H groups in total. The molecule has 1 rings (SSSR count). The summed E-state index contributed by atoms with van der Waals surface area (Å²) in [6.45, 7) is 1.37. The van der Waals surface area contributed by atoms with Gasteiger partial charge in [0.2, 0.25) is 5.95 Å². The van der Waals surface area contributed by atoms with E-state index in [0.29, 0.717) is 11.7 Å². The topological polar surface area (TPSA) is 87.5 Å². The summed E-state index contributed by atoms with van der Waals surface area (Å²) < 4.78 is 4.89. The van der Waals surface area contributed by atoms with Gasteiger partial charge in [-0.25, -0.2) is 9.97 Å². The molecule has 1 heterocycles. The monoisotopic (exact) mass is 213 g/mol. The van der Waals surface area contributed by atoms with Crippen molar-refractivity contribution in [1.29, 1.82) is 0 Å². The van der Waals surface area contributed by atoms with Crippen molar-refractivity contribution < 1.29 is 14.9 Å². The number of aliphatic hydroxyl groups is 2. The number of ether oxygens (including phenoxy) is 1. The fourth-order valence-electron chi connectivity index (χ4n) is 0.838. The van der Waals surface area contributed by atoms with Crippen molar-refractivity contribution in [2.45, 2.75) is 12.5 Å². The third-order valence-electron chi connectivity index (χ3n) is 1.83. The highest BCUT2D eigenvalue weighted by atomic mass is 16.5. The van der Waals surface area contributed by atoms with Crippen LogP contribution in [0.4, 0.5) is 5.95 Å². The molecule has 0 aliphatic rings. The third kappa shape index (κ3) is 3.69. The van der Waals surface area contributed by atoms with Gasteiger partial charge < -0.3 is 20.3 Å². The van der Waals surface area contributed by atoms with Crippen molar-refractivity contribution >= 4 is 5.95 Å². The first-order valence-electron chi connectivity index (χ1n) is 4.50. The summed E-state index contributed by atoms with van der Waals surface area (Å²) in [6, 6.07) is 0. The summed E-state index contributed by atoms with van der Waals surface area (Å²) in [5, 5.41) is 21.1. The molecule has 0 saturated carbocycles. The molecule has 15 heavy (non-hydrogen) atoms. The Bertz CT molecular complexity index is 300. The number of aliphatic hydroxyl groups excluding tert-OH is 1. The van der Waals surface area contributed by atoms with E-state index in [-0.39, 0.29) is 13.2 Å². The predicted octanol–water partition coefficient (Wildman–Crippen LogP) is -0.360. The second-order valence-corrected chi connectivity index (χ2v) is 3.46. The molecule has 0 fully saturated rings. The van der Waals surface area contributed by atoms with Crippen LogP contribution in [0.3, 0.4) is 0 Å². The number of hydrogen-bond acceptors (Lipinski definition) is 6. The van der Waals surface area contributed by atoms with Crippen LogP contribution >= 0.6 is 0 Å². The van der Waals surface area contributed by atoms with Gasteiger partial charge in [-0.1, -0.05) is 0 Å². The normalized spacial score (nSPS) is 14.4. The number of nitrogens with one attached hydrogen (secondary N) is 1. The molecule has 0 aromatic carbocycles. The van der Waals surface area contributed by atoms with E-state index >= 15 is 0 Å². The summed E-state index contributed by atoms with van der Waals surface area (Å²) in [5.41, 5.74) is -1.18. The molecule has 0 saturated heterocycles. The van der Waals surface area contributed by atoms with Crippen molar-refractivity contribution in [3.05, 3.63) is 12.4 Å². The van der Waals surface area contributed by atoms with Crippen molar-refractivity contribution in [2.75, 3.05) is 25.6 Å². The van der Waals surface area contributed by atoms with Crippen molar-refractivity contribution in [2.24, 2.45) is 0 Å². The number of hydrogen-bond donors (Lipinski definition) is 3. The van der Waals surface area contributed by atoms with Crippen LogP contribution in [-0.2, 0) is 0 Å². The van der Waals surface area contributed by atoms with E-state index in [1.807, 2.05) is 0 Å². The van der Waals surface area contributed by atoms with Gasteiger partial charge in [-0.05, 0) is 6.92 Å². The van der Waals surface area contributed by atoms with Gasteiger partial charge in [-0.3, -0.25) is 0 Å². The van der Waals surface area contributed by atoms with Gasteiger partial charge in [0.15, 0.2) is 5.75 Å². The highest BCUT2D eigenvalue weighted by Gasteiger charge is 2.18. The minimum atomic E-state index is -1.18. The highest BCUT2D eigenvalue weighted by molar-refractivity contribution is 5.27. The number of nitrogens with zero attached hydrogens (tertiary/aromatic N) is 2. The first-order valence-corrected chi connectivity index (χ1v) is 4.50. The molecular formula is C9H15N3O3. The average Bonchev–Trinajstić information content (AvgIpc) is 2.27. The van der Waals surface area contributed by atoms with Gasteiger partial charge in [0.25, 0.3) is 0 Å². The Balaban J connectivity index is 2.51. The SMILES string of the molecule is COc1cnc(NCC(C)(O)CO)nc1. The van der Waals surface area contributed by atoms with Gasteiger partial charge in [-0.2, -0.15) is 0 Å². The lowest BCUT2D eigenvalue weighted by Crippen LogP contribution is -2.37. The highest BCUT2D eigenvalue weighted by Crippen LogP contribution is 2.08. The molecule has 1 aromatic heterocycles. The summed E-state index contributed by atoms with van der Waals surface area (Å²) >= 11 is 0. The first-order chi connectivity index (χ1) is 7.07. The van der Waals surface area contributed by atoms with Gasteiger partial charge in [0.1, 0.15) is 5.60 Å². The summed E-state index contributed by atoms with van der Waals surface area (Å²) in [4.78, 5) is 7.89. The van der Waals surface area contributed by atoms with Crippen LogP contribution in [0.25, 0.3) is 0 Å². The van der Waals surface area contributed by atoms with Crippen LogP contribution in [-0.4, -0.2) is 46.0 Å². The maximum Gasteiger partial charge on any atom is 0.222 e. The molecule has 0 amide bonds. The van der Waals surface area contributed by atoms with Gasteiger partial charge in [-0.15, -0.1) is 0 Å². The number of anilines is 1. The minimum Gasteiger partial charge on any atom is -0.494 e. The molecule has 0 aliphatic heterocycles. The Labute approximate surface area is 87.9 Å². The van der Waals surface area contributed by atoms with Crippen molar-refractivity contribution in [3.8, 4) is 5.75 Å². The van der Waals surface area contributed by atoms with Crippen LogP contribution in [0.15, 0.2) is 12.4 Å². The Morgan fingerprint density at radius 2 is 2.07 bits per heavy atom. The molecule has 6 heteroatoms. The molecule has 1 aromatic rings. The van der Waals surface area contributed by atoms with E-state index < -0.39 is 5.60 Å². The fourth-order valence-corrected chi connectivity index (χ4v) is 0.838. The first kappa shape index (κ1) is 11.7. The van der Waals surface area contributed by atoms with E-state index in [1.54, 1.807) is 0 Å². The fraction of sp³-hybridized carbons (Fsp3) is 0.556. The van der Waals surface area contributed by atoms with Crippen LogP contribution in [0, 0.1) is 0 Å². The van der Waals surface area contributed by atoms with Gasteiger partial charge in [0.05, 0.1) is 26.1 Å². The van der Waals surface area contributed by atoms with Crippen molar-refractivity contribution in [1.82, 2.24) is 9.97 Å². The third-order valence-corrected chi connectivity index (χ3v) is 1.83. The lowest BCUT2D eigenvalue weighted by Gasteiger charge is -2.20. The van der Waals surface area contributed by atoms with Crippen molar-refractivity contribution in [3.63, 3.8) is 0 Å². The molecule has 0 aliphatic carbocycles. The molecule has 0 spiro atoms. The number of methoxy groups -OCH3 is 1. The molecule has 84 valence electrons. The molecule has 0 bridgehead atoms. The molecule has 1 atom stereocenters. The zero-order valence-corrected chi connectivity index (χ0v) is 8.77. The molecule has 6 nitrogen and oxygen atoms in total. The van der Waals surface area contributed by atoms with E-state index in [4.69, 9.17) is 9.84 Å². The van der Waals surface area contributed by atoms with E-state index in [9.17, 15) is 5.11 Å². The molecule has 0 radical (unpaired) electrons. The Kier molecular flexibility index (Phi) is 3.81. The second-order valence-electron chi connectivity index (χ2n) is 3.46. The second kappa shape index (κ2) is 4.90. The predicted molar refractivity (Wildman–Crippen MR) is 54.8 cm³/mol. The van der Waals surface area contributed by atoms with Crippen LogP contribution in [0.5, 0.6) is 5.75 Å². The lowest BCUT2D eigenvalue weighted by atomic mass is 10.1. The molecule has 1 unspecified atom stereocenters. The summed E-state index contributed by atoms with van der Waals surface area (Å²) in [5.74, 6) is 0.944. The Hall–Kier alpha value is -1.40. The molecular weight excluding hydrogens is 198 g/mol. The zero-order chi connectivity index (χ0) is 11.3. The Morgan fingerprint density at radius 3 is 2.53 bits per heavy atom. The average molecular weight is 213 g/mol. The minimum absolute atomic E-state index is 0.176. The quantitative estimate of drug-likeness (QED) is 0.619. The summed E-state index contributed by atoms with van der Waals surface area (Å²) in [7, 11) is 1.53. The number of rotatable bonds is 5.